The predicted molar refractivity (Wildman–Crippen MR) is 104 cm³/mol. The molecule has 0 heterocycles. The molecule has 0 fully saturated rings. The van der Waals surface area contributed by atoms with Crippen LogP contribution in [-0.4, -0.2) is 71.6 Å². The molecule has 0 saturated carbocycles. The third-order valence-corrected chi connectivity index (χ3v) is 5.06. The van der Waals surface area contributed by atoms with Crippen LogP contribution in [0.4, 0.5) is 4.79 Å². The molecule has 1 aromatic rings. The summed E-state index contributed by atoms with van der Waals surface area (Å²) < 4.78 is 26.0. The maximum absolute atomic E-state index is 11.8. The van der Waals surface area contributed by atoms with Gasteiger partial charge in [0, 0.05) is 64.5 Å². The van der Waals surface area contributed by atoms with E-state index in [0.29, 0.717) is 6.54 Å². The molecule has 1 aromatic carbocycles. The standard InChI is InChI=1S/C18H30N2O3S.K/c1-2-3-4-5-6-7-8-12-15-20-24(22,23)18(21)19-16-17-13-10-9-11-14-17;/h9-11,13-14,20H,2-8,12,15-16H2,1H3,(H,19,21);. The van der Waals surface area contributed by atoms with E-state index in [1.807, 2.05) is 30.3 Å². The first-order valence-corrected chi connectivity index (χ1v) is 10.4. The summed E-state index contributed by atoms with van der Waals surface area (Å²) in [6, 6.07) is 9.22. The maximum Gasteiger partial charge on any atom is 0.351 e. The van der Waals surface area contributed by atoms with Crippen molar-refractivity contribution >= 4 is 66.6 Å². The van der Waals surface area contributed by atoms with Gasteiger partial charge in [-0.25, -0.2) is 13.1 Å². The minimum atomic E-state index is -3.94. The molecule has 0 aliphatic carbocycles. The molecule has 1 amide bonds. The molecule has 2 N–H and O–H groups in total. The first kappa shape index (κ1) is 25.2. The molecule has 0 aromatic heterocycles. The van der Waals surface area contributed by atoms with Crippen LogP contribution >= 0.6 is 0 Å². The normalized spacial score (nSPS) is 10.9. The monoisotopic (exact) mass is 393 g/mol. The number of amides is 1. The summed E-state index contributed by atoms with van der Waals surface area (Å²) >= 11 is 0. The summed E-state index contributed by atoms with van der Waals surface area (Å²) in [5.74, 6) is 0. The van der Waals surface area contributed by atoms with Gasteiger partial charge in [-0.05, 0) is 12.0 Å². The smallest absolute Gasteiger partial charge is 0.338 e. The SMILES string of the molecule is CCCCCCCCCCNS(=O)(=O)C(=O)NCc1ccccc1.[K]. The van der Waals surface area contributed by atoms with Crippen molar-refractivity contribution in [3.63, 3.8) is 0 Å². The Hall–Kier alpha value is 0.236. The number of unbranched alkanes of at least 4 members (excludes halogenated alkanes) is 7. The molecular formula is C18H30KN2O3S. The summed E-state index contributed by atoms with van der Waals surface area (Å²) in [7, 11) is -3.94. The molecule has 0 saturated heterocycles. The molecule has 1 radical (unpaired) electrons. The number of carbonyl (C=O) groups excluding carboxylic acids is 1. The molecule has 25 heavy (non-hydrogen) atoms. The van der Waals surface area contributed by atoms with Crippen LogP contribution < -0.4 is 10.0 Å². The summed E-state index contributed by atoms with van der Waals surface area (Å²) in [5, 5.41) is 1.46. The van der Waals surface area contributed by atoms with Crippen molar-refractivity contribution < 1.29 is 13.2 Å². The van der Waals surface area contributed by atoms with Crippen LogP contribution in [0, 0.1) is 0 Å². The van der Waals surface area contributed by atoms with Crippen molar-refractivity contribution in [2.75, 3.05) is 6.54 Å². The molecule has 0 unspecified atom stereocenters. The first-order valence-electron chi connectivity index (χ1n) is 8.87. The van der Waals surface area contributed by atoms with E-state index in [9.17, 15) is 13.2 Å². The summed E-state index contributed by atoms with van der Waals surface area (Å²) in [6.07, 6.45) is 9.13. The fraction of sp³-hybridized carbons (Fsp3) is 0.611. The Balaban J connectivity index is 0.00000576. The van der Waals surface area contributed by atoms with E-state index in [1.54, 1.807) is 0 Å². The molecule has 137 valence electrons. The van der Waals surface area contributed by atoms with Gasteiger partial charge in [0.2, 0.25) is 0 Å². The molecule has 0 atom stereocenters. The second-order valence-electron chi connectivity index (χ2n) is 6.00. The van der Waals surface area contributed by atoms with Gasteiger partial charge in [0.15, 0.2) is 0 Å². The Morgan fingerprint density at radius 2 is 1.48 bits per heavy atom. The number of benzene rings is 1. The van der Waals surface area contributed by atoms with E-state index in [2.05, 4.69) is 17.0 Å². The first-order chi connectivity index (χ1) is 11.6. The van der Waals surface area contributed by atoms with Gasteiger partial charge < -0.3 is 5.32 Å². The summed E-state index contributed by atoms with van der Waals surface area (Å²) in [6.45, 7) is 2.72. The Labute approximate surface area is 195 Å². The largest absolute Gasteiger partial charge is 0.351 e. The summed E-state index contributed by atoms with van der Waals surface area (Å²) in [4.78, 5) is 11.7. The number of nitrogens with one attached hydrogen (secondary N) is 2. The van der Waals surface area contributed by atoms with Crippen molar-refractivity contribution in [2.24, 2.45) is 0 Å². The zero-order chi connectivity index (χ0) is 17.7. The number of hydrogen-bond donors (Lipinski definition) is 2. The number of hydrogen-bond acceptors (Lipinski definition) is 3. The van der Waals surface area contributed by atoms with E-state index < -0.39 is 15.3 Å². The fourth-order valence-electron chi connectivity index (χ4n) is 2.40. The van der Waals surface area contributed by atoms with Crippen molar-refractivity contribution in [3.05, 3.63) is 35.9 Å². The Bertz CT molecular complexity index is 565. The molecule has 0 aliphatic heterocycles. The van der Waals surface area contributed by atoms with Gasteiger partial charge in [0.05, 0.1) is 0 Å². The Morgan fingerprint density at radius 1 is 0.920 bits per heavy atom. The Kier molecular flexibility index (Phi) is 15.5. The minimum absolute atomic E-state index is 0. The second-order valence-corrected chi connectivity index (χ2v) is 7.67. The van der Waals surface area contributed by atoms with Crippen LogP contribution in [0.1, 0.15) is 63.9 Å². The van der Waals surface area contributed by atoms with E-state index in [1.165, 1.54) is 32.1 Å². The average molecular weight is 394 g/mol. The van der Waals surface area contributed by atoms with Crippen LogP contribution in [0.15, 0.2) is 30.3 Å². The van der Waals surface area contributed by atoms with Gasteiger partial charge in [-0.1, -0.05) is 82.2 Å². The number of carbonyl (C=O) groups is 1. The van der Waals surface area contributed by atoms with Gasteiger partial charge in [-0.3, -0.25) is 4.79 Å². The fourth-order valence-corrected chi connectivity index (χ4v) is 3.20. The van der Waals surface area contributed by atoms with Gasteiger partial charge in [-0.2, -0.15) is 0 Å². The van der Waals surface area contributed by atoms with Crippen molar-refractivity contribution in [3.8, 4) is 0 Å². The molecule has 7 heteroatoms. The van der Waals surface area contributed by atoms with Crippen molar-refractivity contribution in [1.82, 2.24) is 10.0 Å². The zero-order valence-corrected chi connectivity index (χ0v) is 19.5. The molecule has 0 bridgehead atoms. The molecule has 0 spiro atoms. The predicted octanol–water partition coefficient (Wildman–Crippen LogP) is 3.58. The van der Waals surface area contributed by atoms with Crippen molar-refractivity contribution in [1.29, 1.82) is 0 Å². The topological polar surface area (TPSA) is 75.3 Å². The number of rotatable bonds is 12. The summed E-state index contributed by atoms with van der Waals surface area (Å²) in [5.41, 5.74) is 0.865. The average Bonchev–Trinajstić information content (AvgIpc) is 2.59. The van der Waals surface area contributed by atoms with Gasteiger partial charge >= 0.3 is 5.24 Å². The van der Waals surface area contributed by atoms with E-state index in [4.69, 9.17) is 0 Å². The van der Waals surface area contributed by atoms with E-state index >= 15 is 0 Å². The van der Waals surface area contributed by atoms with E-state index in [-0.39, 0.29) is 57.9 Å². The van der Waals surface area contributed by atoms with Gasteiger partial charge in [-0.15, -0.1) is 0 Å². The third kappa shape index (κ3) is 12.3. The third-order valence-electron chi connectivity index (χ3n) is 3.85. The van der Waals surface area contributed by atoms with Gasteiger partial charge in [0.1, 0.15) is 0 Å². The van der Waals surface area contributed by atoms with Crippen LogP contribution in [0.5, 0.6) is 0 Å². The minimum Gasteiger partial charge on any atom is -0.338 e. The van der Waals surface area contributed by atoms with E-state index in [0.717, 1.165) is 24.8 Å². The molecule has 1 rings (SSSR count). The molecular weight excluding hydrogens is 363 g/mol. The molecule has 0 aliphatic rings. The van der Waals surface area contributed by atoms with Crippen LogP contribution in [-0.2, 0) is 16.6 Å². The van der Waals surface area contributed by atoms with Crippen molar-refractivity contribution in [2.45, 2.75) is 64.8 Å². The zero-order valence-electron chi connectivity index (χ0n) is 15.6. The molecule has 5 nitrogen and oxygen atoms in total. The number of sulfonamides is 1. The van der Waals surface area contributed by atoms with Crippen LogP contribution in [0.25, 0.3) is 0 Å². The maximum atomic E-state index is 11.8. The van der Waals surface area contributed by atoms with Crippen LogP contribution in [0.2, 0.25) is 0 Å². The van der Waals surface area contributed by atoms with Crippen LogP contribution in [0.3, 0.4) is 0 Å². The quantitative estimate of drug-likeness (QED) is 0.421. The Morgan fingerprint density at radius 3 is 2.08 bits per heavy atom. The van der Waals surface area contributed by atoms with Gasteiger partial charge in [0.25, 0.3) is 10.0 Å². The second kappa shape index (κ2) is 15.3.